The maximum atomic E-state index is 12.9. The van der Waals surface area contributed by atoms with Gasteiger partial charge in [-0.05, 0) is 32.6 Å². The van der Waals surface area contributed by atoms with E-state index in [-0.39, 0.29) is 18.7 Å². The first kappa shape index (κ1) is 12.9. The van der Waals surface area contributed by atoms with E-state index in [0.717, 1.165) is 6.42 Å². The summed E-state index contributed by atoms with van der Waals surface area (Å²) in [5.74, 6) is 0.656. The zero-order valence-electron chi connectivity index (χ0n) is 9.90. The molecule has 90 valence electrons. The van der Waals surface area contributed by atoms with Crippen LogP contribution in [-0.4, -0.2) is 37.8 Å². The van der Waals surface area contributed by atoms with E-state index in [9.17, 15) is 4.39 Å². The maximum absolute atomic E-state index is 12.9. The van der Waals surface area contributed by atoms with Gasteiger partial charge in [-0.2, -0.15) is 0 Å². The topological polar surface area (TPSA) is 34.0 Å². The molecular formula is C12H19FN2O. The van der Waals surface area contributed by atoms with Gasteiger partial charge in [-0.25, -0.2) is 4.39 Å². The molecule has 0 bridgehead atoms. The summed E-state index contributed by atoms with van der Waals surface area (Å²) in [7, 11) is 0. The van der Waals surface area contributed by atoms with E-state index in [2.05, 4.69) is 16.7 Å². The highest BCUT2D eigenvalue weighted by Gasteiger charge is 2.16. The van der Waals surface area contributed by atoms with Crippen LogP contribution in [0, 0.1) is 0 Å². The minimum absolute atomic E-state index is 0.105. The van der Waals surface area contributed by atoms with Crippen LogP contribution in [0.25, 0.3) is 0 Å². The summed E-state index contributed by atoms with van der Waals surface area (Å²) in [6, 6.07) is 0.246. The fourth-order valence-corrected chi connectivity index (χ4v) is 1.36. The van der Waals surface area contributed by atoms with Gasteiger partial charge in [-0.15, -0.1) is 0 Å². The third-order valence-electron chi connectivity index (χ3n) is 2.67. The Morgan fingerprint density at radius 2 is 2.50 bits per heavy atom. The van der Waals surface area contributed by atoms with Crippen molar-refractivity contribution in [2.75, 3.05) is 6.61 Å². The lowest BCUT2D eigenvalue weighted by atomic mass is 10.1. The van der Waals surface area contributed by atoms with Crippen molar-refractivity contribution in [1.82, 2.24) is 0 Å². The molecule has 3 nitrogen and oxygen atoms in total. The maximum Gasteiger partial charge on any atom is 0.134 e. The van der Waals surface area contributed by atoms with Crippen molar-refractivity contribution >= 4 is 12.9 Å². The molecule has 0 aromatic rings. The van der Waals surface area contributed by atoms with Gasteiger partial charge in [0.05, 0.1) is 18.3 Å². The Kier molecular flexibility index (Phi) is 5.15. The van der Waals surface area contributed by atoms with Gasteiger partial charge in [0.15, 0.2) is 0 Å². The molecule has 0 saturated carbocycles. The number of ether oxygens (including phenoxy) is 1. The Bertz CT molecular complexity index is 289. The van der Waals surface area contributed by atoms with Crippen LogP contribution in [0.2, 0.25) is 0 Å². The normalized spacial score (nSPS) is 23.4. The average Bonchev–Trinajstić information content (AvgIpc) is 2.35. The van der Waals surface area contributed by atoms with Crippen LogP contribution in [-0.2, 0) is 4.74 Å². The van der Waals surface area contributed by atoms with Gasteiger partial charge < -0.3 is 4.74 Å². The molecule has 0 radical (unpaired) electrons. The molecule has 0 amide bonds. The molecule has 0 spiro atoms. The molecule has 16 heavy (non-hydrogen) atoms. The molecule has 0 N–H and O–H groups in total. The minimum atomic E-state index is -0.902. The predicted molar refractivity (Wildman–Crippen MR) is 65.1 cm³/mol. The molecule has 0 fully saturated rings. The third kappa shape index (κ3) is 3.76. The monoisotopic (exact) mass is 226 g/mol. The highest BCUT2D eigenvalue weighted by atomic mass is 19.1. The van der Waals surface area contributed by atoms with E-state index in [0.29, 0.717) is 12.2 Å². The fourth-order valence-electron chi connectivity index (χ4n) is 1.36. The van der Waals surface area contributed by atoms with Crippen molar-refractivity contribution in [2.45, 2.75) is 44.9 Å². The van der Waals surface area contributed by atoms with Crippen molar-refractivity contribution in [1.29, 1.82) is 0 Å². The summed E-state index contributed by atoms with van der Waals surface area (Å²) in [6.45, 7) is 7.38. The highest BCUT2D eigenvalue weighted by molar-refractivity contribution is 5.77. The summed E-state index contributed by atoms with van der Waals surface area (Å²) >= 11 is 0. The van der Waals surface area contributed by atoms with E-state index >= 15 is 0 Å². The number of alkyl halides is 1. The van der Waals surface area contributed by atoms with E-state index < -0.39 is 6.17 Å². The van der Waals surface area contributed by atoms with Crippen molar-refractivity contribution in [3.05, 3.63) is 11.8 Å². The van der Waals surface area contributed by atoms with Crippen LogP contribution in [0.5, 0.6) is 0 Å². The first-order valence-electron chi connectivity index (χ1n) is 5.63. The number of rotatable bonds is 6. The first-order valence-corrected chi connectivity index (χ1v) is 5.63. The zero-order valence-corrected chi connectivity index (χ0v) is 9.90. The molecule has 0 saturated heterocycles. The largest absolute Gasteiger partial charge is 0.489 e. The Labute approximate surface area is 96.1 Å². The third-order valence-corrected chi connectivity index (χ3v) is 2.67. The summed E-state index contributed by atoms with van der Waals surface area (Å²) in [5.41, 5.74) is 0. The SMILES string of the molecule is C=NC(C)C1CC=C(OCC(F)CC)C=N1. The molecule has 1 aliphatic heterocycles. The second kappa shape index (κ2) is 6.40. The van der Waals surface area contributed by atoms with Crippen LogP contribution < -0.4 is 0 Å². The summed E-state index contributed by atoms with van der Waals surface area (Å²) in [4.78, 5) is 8.24. The number of dihydropyridines is 1. The quantitative estimate of drug-likeness (QED) is 0.641. The molecule has 1 heterocycles. The molecule has 4 heteroatoms. The van der Waals surface area contributed by atoms with Crippen molar-refractivity contribution in [3.8, 4) is 0 Å². The Hall–Kier alpha value is -1.19. The van der Waals surface area contributed by atoms with Gasteiger partial charge in [0.25, 0.3) is 0 Å². The highest BCUT2D eigenvalue weighted by Crippen LogP contribution is 2.15. The molecule has 1 rings (SSSR count). The second-order valence-electron chi connectivity index (χ2n) is 3.93. The van der Waals surface area contributed by atoms with Gasteiger partial charge in [0.2, 0.25) is 0 Å². The molecule has 0 aromatic carbocycles. The van der Waals surface area contributed by atoms with Crippen molar-refractivity contribution in [3.63, 3.8) is 0 Å². The van der Waals surface area contributed by atoms with E-state index in [1.807, 2.05) is 13.0 Å². The lowest BCUT2D eigenvalue weighted by Gasteiger charge is -2.19. The van der Waals surface area contributed by atoms with Gasteiger partial charge in [0.1, 0.15) is 18.5 Å². The fraction of sp³-hybridized carbons (Fsp3) is 0.667. The molecular weight excluding hydrogens is 207 g/mol. The first-order chi connectivity index (χ1) is 7.67. The zero-order chi connectivity index (χ0) is 12.0. The molecule has 3 unspecified atom stereocenters. The van der Waals surface area contributed by atoms with E-state index in [4.69, 9.17) is 4.74 Å². The lowest BCUT2D eigenvalue weighted by Crippen LogP contribution is -2.22. The molecule has 0 aliphatic carbocycles. The van der Waals surface area contributed by atoms with Crippen LogP contribution in [0.15, 0.2) is 21.8 Å². The van der Waals surface area contributed by atoms with Gasteiger partial charge in [0, 0.05) is 0 Å². The Balaban J connectivity index is 2.36. The molecule has 3 atom stereocenters. The van der Waals surface area contributed by atoms with E-state index in [1.54, 1.807) is 13.1 Å². The number of hydrogen-bond donors (Lipinski definition) is 0. The Morgan fingerprint density at radius 3 is 3.00 bits per heavy atom. The van der Waals surface area contributed by atoms with Crippen LogP contribution >= 0.6 is 0 Å². The molecule has 1 aliphatic rings. The van der Waals surface area contributed by atoms with Crippen molar-refractivity contribution < 1.29 is 9.13 Å². The number of halogens is 1. The van der Waals surface area contributed by atoms with Crippen LogP contribution in [0.1, 0.15) is 26.7 Å². The summed E-state index contributed by atoms with van der Waals surface area (Å²) < 4.78 is 18.2. The average molecular weight is 226 g/mol. The number of allylic oxidation sites excluding steroid dienone is 1. The number of hydrogen-bond acceptors (Lipinski definition) is 3. The standard InChI is InChI=1S/C12H19FN2O/c1-4-10(13)8-16-11-5-6-12(15-7-11)9(2)14-3/h5,7,9-10,12H,3-4,6,8H2,1-2H3. The van der Waals surface area contributed by atoms with E-state index in [1.165, 1.54) is 0 Å². The van der Waals surface area contributed by atoms with Crippen molar-refractivity contribution in [2.24, 2.45) is 9.98 Å². The lowest BCUT2D eigenvalue weighted by molar-refractivity contribution is 0.142. The van der Waals surface area contributed by atoms with Crippen LogP contribution in [0.4, 0.5) is 4.39 Å². The summed E-state index contributed by atoms with van der Waals surface area (Å²) in [6.07, 6.45) is 3.93. The van der Waals surface area contributed by atoms with Gasteiger partial charge >= 0.3 is 0 Å². The smallest absolute Gasteiger partial charge is 0.134 e. The second-order valence-corrected chi connectivity index (χ2v) is 3.93. The van der Waals surface area contributed by atoms with Gasteiger partial charge in [-0.3, -0.25) is 9.98 Å². The molecule has 0 aromatic heterocycles. The van der Waals surface area contributed by atoms with Gasteiger partial charge in [-0.1, -0.05) is 6.92 Å². The Morgan fingerprint density at radius 1 is 1.75 bits per heavy atom. The minimum Gasteiger partial charge on any atom is -0.489 e. The number of aliphatic imine (C=N–C) groups is 2. The predicted octanol–water partition coefficient (Wildman–Crippen LogP) is 2.57. The van der Waals surface area contributed by atoms with Crippen LogP contribution in [0.3, 0.4) is 0 Å². The number of nitrogens with zero attached hydrogens (tertiary/aromatic N) is 2. The summed E-state index contributed by atoms with van der Waals surface area (Å²) in [5, 5.41) is 0.